The maximum atomic E-state index is 12.6. The van der Waals surface area contributed by atoms with E-state index in [1.165, 1.54) is 12.0 Å². The van der Waals surface area contributed by atoms with Crippen molar-refractivity contribution in [2.24, 2.45) is 0 Å². The SMILES string of the molecule is COC(=O)[C@H]1CC[C@H](c2ccccc2)N1C(=O)OC(C)(C)C. The minimum Gasteiger partial charge on any atom is -0.467 e. The molecule has 1 aromatic rings. The maximum absolute atomic E-state index is 12.6. The molecule has 22 heavy (non-hydrogen) atoms. The van der Waals surface area contributed by atoms with Gasteiger partial charge in [0.05, 0.1) is 13.2 Å². The number of rotatable bonds is 2. The van der Waals surface area contributed by atoms with Crippen molar-refractivity contribution < 1.29 is 19.1 Å². The monoisotopic (exact) mass is 305 g/mol. The lowest BCUT2D eigenvalue weighted by Gasteiger charge is -2.31. The highest BCUT2D eigenvalue weighted by atomic mass is 16.6. The summed E-state index contributed by atoms with van der Waals surface area (Å²) < 4.78 is 10.3. The van der Waals surface area contributed by atoms with Crippen LogP contribution in [0, 0.1) is 0 Å². The van der Waals surface area contributed by atoms with Crippen LogP contribution in [0.25, 0.3) is 0 Å². The van der Waals surface area contributed by atoms with Crippen LogP contribution >= 0.6 is 0 Å². The summed E-state index contributed by atoms with van der Waals surface area (Å²) in [6.45, 7) is 5.43. The van der Waals surface area contributed by atoms with Crippen LogP contribution in [0.15, 0.2) is 30.3 Å². The summed E-state index contributed by atoms with van der Waals surface area (Å²) in [5.41, 5.74) is 0.390. The number of carbonyl (C=O) groups excluding carboxylic acids is 2. The number of hydrogen-bond acceptors (Lipinski definition) is 4. The van der Waals surface area contributed by atoms with E-state index in [0.29, 0.717) is 12.8 Å². The number of esters is 1. The third kappa shape index (κ3) is 3.59. The Morgan fingerprint density at radius 2 is 1.77 bits per heavy atom. The molecular formula is C17H23NO4. The van der Waals surface area contributed by atoms with E-state index >= 15 is 0 Å². The fraction of sp³-hybridized carbons (Fsp3) is 0.529. The smallest absolute Gasteiger partial charge is 0.411 e. The first-order chi connectivity index (χ1) is 10.3. The number of nitrogens with zero attached hydrogens (tertiary/aromatic N) is 1. The molecule has 0 aliphatic carbocycles. The highest BCUT2D eigenvalue weighted by Gasteiger charge is 2.44. The summed E-state index contributed by atoms with van der Waals surface area (Å²) in [5, 5.41) is 0. The summed E-state index contributed by atoms with van der Waals surface area (Å²) in [7, 11) is 1.34. The fourth-order valence-corrected chi connectivity index (χ4v) is 2.75. The number of ether oxygens (including phenoxy) is 2. The molecule has 0 unspecified atom stereocenters. The Morgan fingerprint density at radius 1 is 1.14 bits per heavy atom. The van der Waals surface area contributed by atoms with Crippen LogP contribution in [0.5, 0.6) is 0 Å². The van der Waals surface area contributed by atoms with Crippen LogP contribution in [0.1, 0.15) is 45.2 Å². The normalized spacial score (nSPS) is 21.5. The Morgan fingerprint density at radius 3 is 2.32 bits per heavy atom. The molecule has 0 bridgehead atoms. The van der Waals surface area contributed by atoms with Gasteiger partial charge >= 0.3 is 12.1 Å². The predicted octanol–water partition coefficient (Wildman–Crippen LogP) is 3.30. The molecule has 1 amide bonds. The molecule has 120 valence electrons. The van der Waals surface area contributed by atoms with Crippen molar-refractivity contribution in [1.82, 2.24) is 4.90 Å². The molecule has 1 aliphatic rings. The number of hydrogen-bond donors (Lipinski definition) is 0. The van der Waals surface area contributed by atoms with Crippen molar-refractivity contribution in [1.29, 1.82) is 0 Å². The van der Waals surface area contributed by atoms with E-state index in [1.807, 2.05) is 51.1 Å². The first-order valence-corrected chi connectivity index (χ1v) is 7.47. The van der Waals surface area contributed by atoms with Gasteiger partial charge in [0.25, 0.3) is 0 Å². The molecule has 5 nitrogen and oxygen atoms in total. The summed E-state index contributed by atoms with van der Waals surface area (Å²) >= 11 is 0. The molecule has 1 fully saturated rings. The van der Waals surface area contributed by atoms with Gasteiger partial charge in [0, 0.05) is 0 Å². The molecule has 1 aromatic carbocycles. The van der Waals surface area contributed by atoms with E-state index in [9.17, 15) is 9.59 Å². The van der Waals surface area contributed by atoms with Gasteiger partial charge in [-0.2, -0.15) is 0 Å². The molecule has 5 heteroatoms. The minimum atomic E-state index is -0.610. The third-order valence-electron chi connectivity index (χ3n) is 3.65. The summed E-state index contributed by atoms with van der Waals surface area (Å²) in [4.78, 5) is 26.1. The number of benzene rings is 1. The van der Waals surface area contributed by atoms with E-state index in [2.05, 4.69) is 0 Å². The second-order valence-corrected chi connectivity index (χ2v) is 6.43. The van der Waals surface area contributed by atoms with Crippen molar-refractivity contribution in [2.75, 3.05) is 7.11 Å². The molecule has 0 N–H and O–H groups in total. The average Bonchev–Trinajstić information content (AvgIpc) is 2.90. The van der Waals surface area contributed by atoms with Gasteiger partial charge in [0.1, 0.15) is 11.6 Å². The van der Waals surface area contributed by atoms with Crippen molar-refractivity contribution in [3.63, 3.8) is 0 Å². The van der Waals surface area contributed by atoms with Crippen LogP contribution in [0.3, 0.4) is 0 Å². The Balaban J connectivity index is 2.30. The van der Waals surface area contributed by atoms with Crippen molar-refractivity contribution in [3.8, 4) is 0 Å². The molecule has 1 heterocycles. The molecule has 2 atom stereocenters. The number of likely N-dealkylation sites (tertiary alicyclic amines) is 1. The van der Waals surface area contributed by atoms with E-state index in [4.69, 9.17) is 9.47 Å². The first-order valence-electron chi connectivity index (χ1n) is 7.47. The lowest BCUT2D eigenvalue weighted by molar-refractivity contribution is -0.146. The van der Waals surface area contributed by atoms with Crippen molar-refractivity contribution >= 4 is 12.1 Å². The van der Waals surface area contributed by atoms with Crippen LogP contribution < -0.4 is 0 Å². The topological polar surface area (TPSA) is 55.8 Å². The quantitative estimate of drug-likeness (QED) is 0.787. The lowest BCUT2D eigenvalue weighted by atomic mass is 10.1. The van der Waals surface area contributed by atoms with Gasteiger partial charge in [0.2, 0.25) is 0 Å². The van der Waals surface area contributed by atoms with Crippen LogP contribution in [-0.4, -0.2) is 35.7 Å². The molecule has 1 saturated heterocycles. The third-order valence-corrected chi connectivity index (χ3v) is 3.65. The average molecular weight is 305 g/mol. The summed E-state index contributed by atoms with van der Waals surface area (Å²) in [6, 6.07) is 8.93. The molecule has 0 saturated carbocycles. The second kappa shape index (κ2) is 6.38. The molecule has 0 radical (unpaired) electrons. The molecule has 0 aromatic heterocycles. The Kier molecular flexibility index (Phi) is 4.74. The van der Waals surface area contributed by atoms with Crippen LogP contribution in [0.2, 0.25) is 0 Å². The number of amides is 1. The van der Waals surface area contributed by atoms with Gasteiger partial charge in [-0.3, -0.25) is 4.90 Å². The molecule has 0 spiro atoms. The lowest BCUT2D eigenvalue weighted by Crippen LogP contribution is -2.44. The second-order valence-electron chi connectivity index (χ2n) is 6.43. The van der Waals surface area contributed by atoms with E-state index in [1.54, 1.807) is 0 Å². The van der Waals surface area contributed by atoms with Gasteiger partial charge in [-0.15, -0.1) is 0 Å². The molecular weight excluding hydrogens is 282 g/mol. The Labute approximate surface area is 131 Å². The van der Waals surface area contributed by atoms with Gasteiger partial charge in [-0.05, 0) is 39.2 Å². The highest BCUT2D eigenvalue weighted by Crippen LogP contribution is 2.37. The largest absolute Gasteiger partial charge is 0.467 e. The van der Waals surface area contributed by atoms with Crippen LogP contribution in [0.4, 0.5) is 4.79 Å². The standard InChI is InChI=1S/C17H23NO4/c1-17(2,3)22-16(20)18-13(12-8-6-5-7-9-12)10-11-14(18)15(19)21-4/h5-9,13-14H,10-11H2,1-4H3/t13-,14-/m1/s1. The minimum absolute atomic E-state index is 0.167. The zero-order chi connectivity index (χ0) is 16.3. The first kappa shape index (κ1) is 16.3. The van der Waals surface area contributed by atoms with E-state index in [-0.39, 0.29) is 6.04 Å². The predicted molar refractivity (Wildman–Crippen MR) is 82.3 cm³/mol. The zero-order valence-electron chi connectivity index (χ0n) is 13.5. The van der Waals surface area contributed by atoms with E-state index in [0.717, 1.165) is 5.56 Å². The maximum Gasteiger partial charge on any atom is 0.411 e. The van der Waals surface area contributed by atoms with Gasteiger partial charge in [-0.1, -0.05) is 30.3 Å². The van der Waals surface area contributed by atoms with Gasteiger partial charge in [0.15, 0.2) is 0 Å². The summed E-state index contributed by atoms with van der Waals surface area (Å²) in [6.07, 6.45) is 0.809. The van der Waals surface area contributed by atoms with Crippen LogP contribution in [-0.2, 0) is 14.3 Å². The summed E-state index contributed by atoms with van der Waals surface area (Å²) in [5.74, 6) is -0.399. The Bertz CT molecular complexity index is 535. The number of carbonyl (C=O) groups is 2. The van der Waals surface area contributed by atoms with Gasteiger partial charge in [-0.25, -0.2) is 9.59 Å². The van der Waals surface area contributed by atoms with Gasteiger partial charge < -0.3 is 9.47 Å². The highest BCUT2D eigenvalue weighted by molar-refractivity contribution is 5.82. The number of methoxy groups -OCH3 is 1. The molecule has 2 rings (SSSR count). The van der Waals surface area contributed by atoms with E-state index < -0.39 is 23.7 Å². The Hall–Kier alpha value is -2.04. The molecule has 1 aliphatic heterocycles. The zero-order valence-corrected chi connectivity index (χ0v) is 13.5. The van der Waals surface area contributed by atoms with Crippen molar-refractivity contribution in [3.05, 3.63) is 35.9 Å². The van der Waals surface area contributed by atoms with Crippen molar-refractivity contribution in [2.45, 2.75) is 51.3 Å². The fourth-order valence-electron chi connectivity index (χ4n) is 2.75.